The molecule has 1 fully saturated rings. The molecule has 112 valence electrons. The van der Waals surface area contributed by atoms with Crippen molar-refractivity contribution in [1.29, 1.82) is 0 Å². The van der Waals surface area contributed by atoms with Gasteiger partial charge in [0, 0.05) is 6.54 Å². The number of urea groups is 1. The molecule has 1 saturated heterocycles. The zero-order valence-corrected chi connectivity index (χ0v) is 12.1. The van der Waals surface area contributed by atoms with Crippen LogP contribution in [0.4, 0.5) is 4.79 Å². The van der Waals surface area contributed by atoms with Crippen molar-refractivity contribution in [3.63, 3.8) is 0 Å². The molecule has 1 heterocycles. The normalized spacial score (nSPS) is 24.9. The molecule has 0 saturated carbocycles. The fourth-order valence-electron chi connectivity index (χ4n) is 3.43. The van der Waals surface area contributed by atoms with Crippen LogP contribution in [0.3, 0.4) is 0 Å². The van der Waals surface area contributed by atoms with Crippen molar-refractivity contribution in [2.75, 3.05) is 13.1 Å². The number of nitrogens with two attached hydrogens (primary N) is 1. The van der Waals surface area contributed by atoms with Crippen LogP contribution in [0, 0.1) is 0 Å². The molecule has 1 unspecified atom stereocenters. The Morgan fingerprint density at radius 2 is 2.05 bits per heavy atom. The van der Waals surface area contributed by atoms with Gasteiger partial charge >= 0.3 is 6.03 Å². The lowest BCUT2D eigenvalue weighted by atomic mass is 9.84. The number of carbonyl (C=O) groups is 2. The monoisotopic (exact) mass is 287 g/mol. The van der Waals surface area contributed by atoms with E-state index in [2.05, 4.69) is 11.4 Å². The summed E-state index contributed by atoms with van der Waals surface area (Å²) in [6.07, 6.45) is 4.25. The summed E-state index contributed by atoms with van der Waals surface area (Å²) in [7, 11) is 0. The lowest BCUT2D eigenvalue weighted by Crippen LogP contribution is -2.44. The fourth-order valence-corrected chi connectivity index (χ4v) is 3.43. The maximum Gasteiger partial charge on any atom is 0.325 e. The Bertz CT molecular complexity index is 572. The van der Waals surface area contributed by atoms with E-state index in [0.29, 0.717) is 25.9 Å². The van der Waals surface area contributed by atoms with Gasteiger partial charge < -0.3 is 11.1 Å². The molecular weight excluding hydrogens is 266 g/mol. The van der Waals surface area contributed by atoms with Crippen LogP contribution < -0.4 is 11.1 Å². The summed E-state index contributed by atoms with van der Waals surface area (Å²) in [6, 6.07) is 7.68. The van der Waals surface area contributed by atoms with Crippen molar-refractivity contribution < 1.29 is 9.59 Å². The molecular formula is C16H21N3O2. The van der Waals surface area contributed by atoms with E-state index in [1.54, 1.807) is 0 Å². The number of aryl methyl sites for hydroxylation is 1. The molecule has 3 amide bonds. The Labute approximate surface area is 124 Å². The Morgan fingerprint density at radius 1 is 1.24 bits per heavy atom. The molecule has 1 aliphatic carbocycles. The number of carbonyl (C=O) groups excluding carboxylic acids is 2. The quantitative estimate of drug-likeness (QED) is 0.827. The third-order valence-corrected chi connectivity index (χ3v) is 4.49. The van der Waals surface area contributed by atoms with Crippen molar-refractivity contribution >= 4 is 11.9 Å². The summed E-state index contributed by atoms with van der Waals surface area (Å²) in [6.45, 7) is 0.867. The molecule has 3 rings (SSSR count). The highest BCUT2D eigenvalue weighted by Gasteiger charge is 2.52. The number of fused-ring (bicyclic) bond motifs is 2. The van der Waals surface area contributed by atoms with E-state index < -0.39 is 5.54 Å². The standard InChI is InChI=1S/C16H21N3O2/c17-10-5-11-19-14(20)16(18-15(19)21)9-4-3-7-12-6-1-2-8-13(12)16/h1-2,6,8H,3-5,7,9-11,17H2,(H,18,21). The van der Waals surface area contributed by atoms with Crippen LogP contribution in [0.1, 0.15) is 36.8 Å². The van der Waals surface area contributed by atoms with Crippen LogP contribution in [0.15, 0.2) is 24.3 Å². The van der Waals surface area contributed by atoms with Crippen molar-refractivity contribution in [3.8, 4) is 0 Å². The van der Waals surface area contributed by atoms with E-state index in [1.165, 1.54) is 10.5 Å². The molecule has 0 radical (unpaired) electrons. The molecule has 3 N–H and O–H groups in total. The van der Waals surface area contributed by atoms with E-state index in [-0.39, 0.29) is 11.9 Å². The number of benzene rings is 1. The summed E-state index contributed by atoms with van der Waals surface area (Å²) in [5, 5.41) is 2.97. The van der Waals surface area contributed by atoms with Gasteiger partial charge in [-0.2, -0.15) is 0 Å². The van der Waals surface area contributed by atoms with Gasteiger partial charge in [0.05, 0.1) is 0 Å². The predicted octanol–water partition coefficient (Wildman–Crippen LogP) is 1.51. The third kappa shape index (κ3) is 2.21. The predicted molar refractivity (Wildman–Crippen MR) is 79.6 cm³/mol. The maximum absolute atomic E-state index is 12.9. The SMILES string of the molecule is NCCCN1C(=O)NC2(CCCCc3ccccc32)C1=O. The summed E-state index contributed by atoms with van der Waals surface area (Å²) in [4.78, 5) is 26.5. The average molecular weight is 287 g/mol. The van der Waals surface area contributed by atoms with E-state index in [0.717, 1.165) is 24.8 Å². The van der Waals surface area contributed by atoms with Gasteiger partial charge in [0.15, 0.2) is 0 Å². The second kappa shape index (κ2) is 5.48. The minimum Gasteiger partial charge on any atom is -0.330 e. The number of nitrogens with zero attached hydrogens (tertiary/aromatic N) is 1. The van der Waals surface area contributed by atoms with Gasteiger partial charge in [0.1, 0.15) is 5.54 Å². The molecule has 1 aromatic carbocycles. The number of rotatable bonds is 3. The smallest absolute Gasteiger partial charge is 0.325 e. The second-order valence-electron chi connectivity index (χ2n) is 5.80. The minimum atomic E-state index is -0.862. The summed E-state index contributed by atoms with van der Waals surface area (Å²) in [5.41, 5.74) is 6.78. The van der Waals surface area contributed by atoms with Gasteiger partial charge in [0.2, 0.25) is 0 Å². The van der Waals surface area contributed by atoms with E-state index in [1.807, 2.05) is 18.2 Å². The molecule has 1 aliphatic heterocycles. The van der Waals surface area contributed by atoms with E-state index >= 15 is 0 Å². The van der Waals surface area contributed by atoms with Gasteiger partial charge in [-0.05, 0) is 49.8 Å². The van der Waals surface area contributed by atoms with Gasteiger partial charge in [-0.25, -0.2) is 4.79 Å². The van der Waals surface area contributed by atoms with Crippen LogP contribution in [0.5, 0.6) is 0 Å². The zero-order chi connectivity index (χ0) is 14.9. The molecule has 21 heavy (non-hydrogen) atoms. The Balaban J connectivity index is 2.01. The highest BCUT2D eigenvalue weighted by Crippen LogP contribution is 2.38. The fraction of sp³-hybridized carbons (Fsp3) is 0.500. The number of amides is 3. The average Bonchev–Trinajstić information content (AvgIpc) is 2.64. The third-order valence-electron chi connectivity index (χ3n) is 4.49. The van der Waals surface area contributed by atoms with Crippen molar-refractivity contribution in [3.05, 3.63) is 35.4 Å². The van der Waals surface area contributed by atoms with Crippen LogP contribution in [-0.2, 0) is 16.8 Å². The molecule has 0 aromatic heterocycles. The van der Waals surface area contributed by atoms with E-state index in [4.69, 9.17) is 5.73 Å². The van der Waals surface area contributed by atoms with Crippen molar-refractivity contribution in [2.24, 2.45) is 5.73 Å². The Kier molecular flexibility index (Phi) is 3.68. The lowest BCUT2D eigenvalue weighted by molar-refractivity contribution is -0.132. The number of hydrogen-bond acceptors (Lipinski definition) is 3. The first-order valence-corrected chi connectivity index (χ1v) is 7.61. The first-order chi connectivity index (χ1) is 10.2. The van der Waals surface area contributed by atoms with Crippen LogP contribution in [0.25, 0.3) is 0 Å². The molecule has 0 bridgehead atoms. The van der Waals surface area contributed by atoms with Crippen LogP contribution in [-0.4, -0.2) is 29.9 Å². The van der Waals surface area contributed by atoms with Gasteiger partial charge in [-0.15, -0.1) is 0 Å². The first-order valence-electron chi connectivity index (χ1n) is 7.61. The van der Waals surface area contributed by atoms with E-state index in [9.17, 15) is 9.59 Å². The summed E-state index contributed by atoms with van der Waals surface area (Å²) >= 11 is 0. The highest BCUT2D eigenvalue weighted by molar-refractivity contribution is 6.07. The molecule has 5 heteroatoms. The van der Waals surface area contributed by atoms with Gasteiger partial charge in [-0.3, -0.25) is 9.69 Å². The first kappa shape index (κ1) is 14.1. The lowest BCUT2D eigenvalue weighted by Gasteiger charge is -2.27. The molecule has 1 spiro atoms. The number of hydrogen-bond donors (Lipinski definition) is 2. The van der Waals surface area contributed by atoms with Crippen LogP contribution in [0.2, 0.25) is 0 Å². The minimum absolute atomic E-state index is 0.115. The van der Waals surface area contributed by atoms with Gasteiger partial charge in [0.25, 0.3) is 5.91 Å². The highest BCUT2D eigenvalue weighted by atomic mass is 16.2. The maximum atomic E-state index is 12.9. The van der Waals surface area contributed by atoms with Crippen molar-refractivity contribution in [1.82, 2.24) is 10.2 Å². The topological polar surface area (TPSA) is 75.4 Å². The molecule has 5 nitrogen and oxygen atoms in total. The van der Waals surface area contributed by atoms with Crippen LogP contribution >= 0.6 is 0 Å². The second-order valence-corrected chi connectivity index (χ2v) is 5.80. The number of imide groups is 1. The summed E-state index contributed by atoms with van der Waals surface area (Å²) in [5.74, 6) is -0.115. The largest absolute Gasteiger partial charge is 0.330 e. The number of nitrogens with one attached hydrogen (secondary N) is 1. The molecule has 1 atom stereocenters. The summed E-state index contributed by atoms with van der Waals surface area (Å²) < 4.78 is 0. The van der Waals surface area contributed by atoms with Crippen molar-refractivity contribution in [2.45, 2.75) is 37.6 Å². The zero-order valence-electron chi connectivity index (χ0n) is 12.1. The molecule has 2 aliphatic rings. The van der Waals surface area contributed by atoms with Gasteiger partial charge in [-0.1, -0.05) is 24.3 Å². The Morgan fingerprint density at radius 3 is 2.86 bits per heavy atom. The Hall–Kier alpha value is -1.88. The molecule has 1 aromatic rings.